The van der Waals surface area contributed by atoms with Gasteiger partial charge in [-0.2, -0.15) is 5.10 Å². The summed E-state index contributed by atoms with van der Waals surface area (Å²) in [6.45, 7) is 1.84. The molecule has 1 N–H and O–H groups in total. The highest BCUT2D eigenvalue weighted by molar-refractivity contribution is 7.91. The highest BCUT2D eigenvalue weighted by Crippen LogP contribution is 2.32. The van der Waals surface area contributed by atoms with Crippen LogP contribution in [0.5, 0.6) is 5.75 Å². The van der Waals surface area contributed by atoms with Crippen molar-refractivity contribution >= 4 is 15.8 Å². The monoisotopic (exact) mass is 546 g/mol. The van der Waals surface area contributed by atoms with Crippen LogP contribution in [0.2, 0.25) is 0 Å². The number of nitrogens with zero attached hydrogens (tertiary/aromatic N) is 1. The van der Waals surface area contributed by atoms with Crippen LogP contribution in [0, 0.1) is 0 Å². The van der Waals surface area contributed by atoms with Gasteiger partial charge in [-0.15, -0.1) is 0 Å². The van der Waals surface area contributed by atoms with Gasteiger partial charge in [0.1, 0.15) is 0 Å². The molecule has 0 amide bonds. The zero-order valence-electron chi connectivity index (χ0n) is 21.6. The van der Waals surface area contributed by atoms with Gasteiger partial charge in [-0.3, -0.25) is 14.6 Å². The molecule has 1 heterocycles. The number of hydrogen-bond donors (Lipinski definition) is 1. The van der Waals surface area contributed by atoms with Crippen LogP contribution < -0.4 is 10.4 Å². The summed E-state index contributed by atoms with van der Waals surface area (Å²) in [7, 11) is -3.68. The summed E-state index contributed by atoms with van der Waals surface area (Å²) in [4.78, 5) is 33.6. The van der Waals surface area contributed by atoms with E-state index in [4.69, 9.17) is 9.78 Å². The topological polar surface area (TPSA) is 115 Å². The molecule has 4 aromatic rings. The summed E-state index contributed by atoms with van der Waals surface area (Å²) in [5.74, 6) is -0.799. The third kappa shape index (κ3) is 7.42. The summed E-state index contributed by atoms with van der Waals surface area (Å²) in [6.07, 6.45) is 1.42. The van der Waals surface area contributed by atoms with Gasteiger partial charge < -0.3 is 0 Å². The van der Waals surface area contributed by atoms with Crippen molar-refractivity contribution in [3.05, 3.63) is 124 Å². The van der Waals surface area contributed by atoms with E-state index in [0.29, 0.717) is 24.1 Å². The molecule has 0 atom stereocenters. The molecular formula is C30H30N2O6S. The molecule has 0 aliphatic carbocycles. The lowest BCUT2D eigenvalue weighted by molar-refractivity contribution is -0.213. The molecule has 0 aliphatic rings. The maximum atomic E-state index is 13.1. The second kappa shape index (κ2) is 13.0. The van der Waals surface area contributed by atoms with Crippen molar-refractivity contribution in [2.45, 2.75) is 43.4 Å². The highest BCUT2D eigenvalue weighted by atomic mass is 32.2. The number of benzene rings is 3. The minimum Gasteiger partial charge on any atom is -0.287 e. The molecule has 0 fully saturated rings. The fourth-order valence-corrected chi connectivity index (χ4v) is 5.67. The Bertz CT molecular complexity index is 1510. The van der Waals surface area contributed by atoms with Gasteiger partial charge in [-0.25, -0.2) is 18.3 Å². The van der Waals surface area contributed by atoms with E-state index in [1.807, 2.05) is 67.6 Å². The summed E-state index contributed by atoms with van der Waals surface area (Å²) in [5.41, 5.74) is 3.03. The standard InChI is InChI=1S/C30H30N2O6S/c1-2-11-28(34)38-37-25-17-9-18-26(21-25)39(35,36)19-10-16-24-20-27(33)31-32-30(24)29(22-12-5-3-6-13-22)23-14-7-4-8-15-23/h3-9,12-15,17-18,20-21,29H,2,10-11,16,19H2,1H3,(H,31,33). The van der Waals surface area contributed by atoms with Gasteiger partial charge in [-0.05, 0) is 48.1 Å². The molecule has 0 spiro atoms. The van der Waals surface area contributed by atoms with Crippen LogP contribution in [-0.2, 0) is 25.9 Å². The van der Waals surface area contributed by atoms with Crippen LogP contribution in [0.3, 0.4) is 0 Å². The number of H-pyrrole nitrogens is 1. The van der Waals surface area contributed by atoms with E-state index in [1.165, 1.54) is 30.3 Å². The van der Waals surface area contributed by atoms with Crippen molar-refractivity contribution in [1.29, 1.82) is 0 Å². The minimum absolute atomic E-state index is 0.0576. The number of carbonyl (C=O) groups excluding carboxylic acids is 1. The molecule has 0 saturated carbocycles. The largest absolute Gasteiger partial charge is 0.355 e. The fourth-order valence-electron chi connectivity index (χ4n) is 4.33. The van der Waals surface area contributed by atoms with Crippen molar-refractivity contribution in [3.63, 3.8) is 0 Å². The van der Waals surface area contributed by atoms with Crippen molar-refractivity contribution in [3.8, 4) is 5.75 Å². The van der Waals surface area contributed by atoms with Crippen molar-refractivity contribution in [1.82, 2.24) is 10.2 Å². The quantitative estimate of drug-likeness (QED) is 0.197. The summed E-state index contributed by atoms with van der Waals surface area (Å²) < 4.78 is 26.2. The lowest BCUT2D eigenvalue weighted by Gasteiger charge is -2.20. The number of nitrogens with one attached hydrogen (secondary N) is 1. The molecule has 0 radical (unpaired) electrons. The Morgan fingerprint density at radius 3 is 2.23 bits per heavy atom. The second-order valence-corrected chi connectivity index (χ2v) is 11.2. The Kier molecular flexibility index (Phi) is 9.27. The molecule has 0 saturated heterocycles. The van der Waals surface area contributed by atoms with Crippen molar-refractivity contribution < 1.29 is 23.0 Å². The van der Waals surface area contributed by atoms with Crippen LogP contribution >= 0.6 is 0 Å². The molecule has 9 heteroatoms. The number of aryl methyl sites for hydroxylation is 1. The summed E-state index contributed by atoms with van der Waals surface area (Å²) >= 11 is 0. The van der Waals surface area contributed by atoms with Gasteiger partial charge in [0.2, 0.25) is 0 Å². The number of hydrogen-bond acceptors (Lipinski definition) is 7. The highest BCUT2D eigenvalue weighted by Gasteiger charge is 2.23. The normalized spacial score (nSPS) is 11.3. The SMILES string of the molecule is CCCC(=O)OOc1cccc(S(=O)(=O)CCCc2cc(=O)[nH]nc2C(c2ccccc2)c2ccccc2)c1. The van der Waals surface area contributed by atoms with E-state index < -0.39 is 15.8 Å². The Balaban J connectivity index is 1.53. The average molecular weight is 547 g/mol. The van der Waals surface area contributed by atoms with Gasteiger partial charge in [0.05, 0.1) is 22.3 Å². The molecule has 202 valence electrons. The average Bonchev–Trinajstić information content (AvgIpc) is 2.95. The molecule has 8 nitrogen and oxygen atoms in total. The first-order valence-corrected chi connectivity index (χ1v) is 14.4. The van der Waals surface area contributed by atoms with Gasteiger partial charge in [0.15, 0.2) is 15.6 Å². The number of carbonyl (C=O) groups is 1. The molecule has 0 bridgehead atoms. The summed E-state index contributed by atoms with van der Waals surface area (Å²) in [5, 5.41) is 6.97. The number of rotatable bonds is 12. The van der Waals surface area contributed by atoms with E-state index in [2.05, 4.69) is 10.2 Å². The molecule has 1 aromatic heterocycles. The first kappa shape index (κ1) is 27.8. The van der Waals surface area contributed by atoms with Gasteiger partial charge in [-0.1, -0.05) is 73.7 Å². The van der Waals surface area contributed by atoms with E-state index >= 15 is 0 Å². The lowest BCUT2D eigenvalue weighted by atomic mass is 9.85. The third-order valence-corrected chi connectivity index (χ3v) is 7.97. The van der Waals surface area contributed by atoms with E-state index in [-0.39, 0.29) is 40.7 Å². The Hall–Kier alpha value is -4.24. The Morgan fingerprint density at radius 2 is 1.59 bits per heavy atom. The summed E-state index contributed by atoms with van der Waals surface area (Å²) in [6, 6.07) is 27.0. The maximum absolute atomic E-state index is 13.1. The number of sulfone groups is 1. The molecule has 39 heavy (non-hydrogen) atoms. The Labute approximate surface area is 227 Å². The third-order valence-electron chi connectivity index (χ3n) is 6.17. The zero-order chi connectivity index (χ0) is 27.7. The van der Waals surface area contributed by atoms with Crippen LogP contribution in [0.15, 0.2) is 101 Å². The second-order valence-electron chi connectivity index (χ2n) is 9.08. The molecule has 0 unspecified atom stereocenters. The van der Waals surface area contributed by atoms with Crippen LogP contribution in [0.25, 0.3) is 0 Å². The molecule has 3 aromatic carbocycles. The number of aromatic nitrogens is 2. The lowest BCUT2D eigenvalue weighted by Crippen LogP contribution is -2.17. The maximum Gasteiger partial charge on any atom is 0.355 e. The predicted molar refractivity (Wildman–Crippen MR) is 147 cm³/mol. The smallest absolute Gasteiger partial charge is 0.287 e. The zero-order valence-corrected chi connectivity index (χ0v) is 22.4. The van der Waals surface area contributed by atoms with Gasteiger partial charge in [0, 0.05) is 18.6 Å². The van der Waals surface area contributed by atoms with E-state index in [0.717, 1.165) is 11.1 Å². The minimum atomic E-state index is -3.68. The van der Waals surface area contributed by atoms with Gasteiger partial charge >= 0.3 is 5.97 Å². The molecule has 0 aliphatic heterocycles. The van der Waals surface area contributed by atoms with Gasteiger partial charge in [0.25, 0.3) is 5.56 Å². The van der Waals surface area contributed by atoms with Crippen LogP contribution in [0.4, 0.5) is 0 Å². The first-order valence-electron chi connectivity index (χ1n) is 12.8. The van der Waals surface area contributed by atoms with Crippen LogP contribution in [-0.4, -0.2) is 30.3 Å². The van der Waals surface area contributed by atoms with Crippen molar-refractivity contribution in [2.75, 3.05) is 5.75 Å². The van der Waals surface area contributed by atoms with Crippen molar-refractivity contribution in [2.24, 2.45) is 0 Å². The fraction of sp³-hybridized carbons (Fsp3) is 0.233. The van der Waals surface area contributed by atoms with E-state index in [1.54, 1.807) is 0 Å². The first-order chi connectivity index (χ1) is 18.9. The molecular weight excluding hydrogens is 516 g/mol. The molecule has 4 rings (SSSR count). The van der Waals surface area contributed by atoms with E-state index in [9.17, 15) is 18.0 Å². The predicted octanol–water partition coefficient (Wildman–Crippen LogP) is 4.99. The van der Waals surface area contributed by atoms with Crippen LogP contribution in [0.1, 0.15) is 54.5 Å². The number of aromatic amines is 1. The Morgan fingerprint density at radius 1 is 0.923 bits per heavy atom.